The largest absolute Gasteiger partial charge is 0.419 e. The number of anilines is 2. The molecule has 4 rings (SSSR count). The first-order valence-corrected chi connectivity index (χ1v) is 11.4. The van der Waals surface area contributed by atoms with Crippen molar-refractivity contribution in [2.75, 3.05) is 16.3 Å². The Morgan fingerprint density at radius 1 is 1.09 bits per heavy atom. The molecule has 2 amide bonds. The van der Waals surface area contributed by atoms with E-state index in [0.717, 1.165) is 29.7 Å². The van der Waals surface area contributed by atoms with E-state index in [1.807, 2.05) is 43.3 Å². The van der Waals surface area contributed by atoms with E-state index in [-0.39, 0.29) is 11.9 Å². The lowest BCUT2D eigenvalue weighted by molar-refractivity contribution is -0.117. The molecule has 1 aliphatic heterocycles. The van der Waals surface area contributed by atoms with Crippen LogP contribution in [-0.2, 0) is 4.79 Å². The van der Waals surface area contributed by atoms with E-state index in [4.69, 9.17) is 4.74 Å². The van der Waals surface area contributed by atoms with Gasteiger partial charge in [0.25, 0.3) is 0 Å². The number of benzene rings is 2. The molecule has 0 saturated heterocycles. The number of para-hydroxylation sites is 1. The number of ether oxygens (including phenoxy) is 1. The van der Waals surface area contributed by atoms with Gasteiger partial charge in [0.05, 0.1) is 17.4 Å². The zero-order chi connectivity index (χ0) is 23.5. The number of hydrogen-bond acceptors (Lipinski definition) is 3. The maximum Gasteiger partial charge on any atom is 0.419 e. The molecule has 0 bridgehead atoms. The van der Waals surface area contributed by atoms with Crippen LogP contribution in [0.3, 0.4) is 0 Å². The van der Waals surface area contributed by atoms with Crippen LogP contribution < -0.4 is 14.5 Å². The summed E-state index contributed by atoms with van der Waals surface area (Å²) < 4.78 is 5.66. The summed E-state index contributed by atoms with van der Waals surface area (Å²) in [6.45, 7) is 8.19. The molecule has 0 saturated carbocycles. The number of nitrogens with zero attached hydrogens (tertiary/aromatic N) is 2. The van der Waals surface area contributed by atoms with Crippen molar-refractivity contribution < 1.29 is 14.3 Å². The second-order valence-electron chi connectivity index (χ2n) is 8.64. The van der Waals surface area contributed by atoms with Gasteiger partial charge in [0.15, 0.2) is 0 Å². The molecule has 1 unspecified atom stereocenters. The molecular weight excluding hydrogens is 412 g/mol. The van der Waals surface area contributed by atoms with Crippen LogP contribution in [-0.4, -0.2) is 24.6 Å². The molecule has 1 aliphatic carbocycles. The number of carbonyl (C=O) groups is 2. The lowest BCUT2D eigenvalue weighted by Gasteiger charge is -2.40. The van der Waals surface area contributed by atoms with Gasteiger partial charge in [0.1, 0.15) is 5.75 Å². The zero-order valence-corrected chi connectivity index (χ0v) is 19.7. The van der Waals surface area contributed by atoms with Gasteiger partial charge in [-0.1, -0.05) is 60.6 Å². The third-order valence-electron chi connectivity index (χ3n) is 6.23. The SMILES string of the molecule is CCC1=CC=CC(c2ccc3c(c2)N(C(=O)Oc2ccccc2)CC(C)N3C(C)=O)=C(C)C1. The van der Waals surface area contributed by atoms with Crippen LogP contribution in [0, 0.1) is 0 Å². The Bertz CT molecular complexity index is 1160. The van der Waals surface area contributed by atoms with Crippen molar-refractivity contribution in [3.8, 4) is 5.75 Å². The minimum absolute atomic E-state index is 0.0471. The van der Waals surface area contributed by atoms with Crippen LogP contribution in [0.15, 0.2) is 77.9 Å². The number of fused-ring (bicyclic) bond motifs is 1. The summed E-state index contributed by atoms with van der Waals surface area (Å²) in [6.07, 6.45) is 7.88. The summed E-state index contributed by atoms with van der Waals surface area (Å²) in [7, 11) is 0. The van der Waals surface area contributed by atoms with E-state index < -0.39 is 6.09 Å². The van der Waals surface area contributed by atoms with Crippen molar-refractivity contribution in [1.82, 2.24) is 0 Å². The molecule has 5 nitrogen and oxygen atoms in total. The Morgan fingerprint density at radius 2 is 1.85 bits per heavy atom. The van der Waals surface area contributed by atoms with Crippen LogP contribution in [0.4, 0.5) is 16.2 Å². The van der Waals surface area contributed by atoms with E-state index in [1.165, 1.54) is 11.1 Å². The first-order chi connectivity index (χ1) is 15.9. The van der Waals surface area contributed by atoms with Crippen molar-refractivity contribution in [2.24, 2.45) is 0 Å². The van der Waals surface area contributed by atoms with E-state index >= 15 is 0 Å². The fourth-order valence-corrected chi connectivity index (χ4v) is 4.59. The van der Waals surface area contributed by atoms with E-state index in [9.17, 15) is 9.59 Å². The molecule has 170 valence electrons. The van der Waals surface area contributed by atoms with E-state index in [0.29, 0.717) is 18.0 Å². The molecule has 0 N–H and O–H groups in total. The normalized spacial score (nSPS) is 17.9. The second kappa shape index (κ2) is 9.49. The van der Waals surface area contributed by atoms with E-state index in [2.05, 4.69) is 32.1 Å². The molecule has 0 spiro atoms. The van der Waals surface area contributed by atoms with Crippen molar-refractivity contribution >= 4 is 28.9 Å². The van der Waals surface area contributed by atoms with Crippen molar-refractivity contribution in [3.05, 3.63) is 83.5 Å². The van der Waals surface area contributed by atoms with Crippen molar-refractivity contribution in [1.29, 1.82) is 0 Å². The van der Waals surface area contributed by atoms with Crippen molar-refractivity contribution in [3.63, 3.8) is 0 Å². The monoisotopic (exact) mass is 442 g/mol. The van der Waals surface area contributed by atoms with Crippen LogP contribution in [0.5, 0.6) is 5.75 Å². The molecule has 0 fully saturated rings. The molecule has 0 aromatic heterocycles. The summed E-state index contributed by atoms with van der Waals surface area (Å²) in [5.41, 5.74) is 6.23. The molecule has 2 aromatic rings. The Kier molecular flexibility index (Phi) is 6.50. The molecule has 1 heterocycles. The molecular formula is C28H30N2O3. The number of rotatable bonds is 3. The summed E-state index contributed by atoms with van der Waals surface area (Å²) >= 11 is 0. The summed E-state index contributed by atoms with van der Waals surface area (Å²) in [6, 6.07) is 14.9. The topological polar surface area (TPSA) is 49.9 Å². The van der Waals surface area contributed by atoms with Gasteiger partial charge in [0, 0.05) is 13.5 Å². The van der Waals surface area contributed by atoms with Gasteiger partial charge in [-0.05, 0) is 62.1 Å². The summed E-state index contributed by atoms with van der Waals surface area (Å²) in [4.78, 5) is 29.1. The summed E-state index contributed by atoms with van der Waals surface area (Å²) in [5.74, 6) is 0.444. The Hall–Kier alpha value is -3.60. The minimum atomic E-state index is -0.452. The summed E-state index contributed by atoms with van der Waals surface area (Å²) in [5, 5.41) is 0. The Balaban J connectivity index is 1.76. The third kappa shape index (κ3) is 4.63. The van der Waals surface area contributed by atoms with Crippen LogP contribution >= 0.6 is 0 Å². The van der Waals surface area contributed by atoms with E-state index in [1.54, 1.807) is 28.9 Å². The first kappa shape index (κ1) is 22.6. The molecule has 1 atom stereocenters. The molecule has 5 heteroatoms. The van der Waals surface area contributed by atoms with Gasteiger partial charge in [-0.15, -0.1) is 0 Å². The molecule has 33 heavy (non-hydrogen) atoms. The van der Waals surface area contributed by atoms with Gasteiger partial charge in [0.2, 0.25) is 5.91 Å². The van der Waals surface area contributed by atoms with Gasteiger partial charge < -0.3 is 9.64 Å². The fraction of sp³-hybridized carbons (Fsp3) is 0.286. The van der Waals surface area contributed by atoms with Gasteiger partial charge in [-0.2, -0.15) is 0 Å². The standard InChI is InChI=1S/C28H30N2O3/c1-5-22-10-9-13-25(19(2)16-22)23-14-15-26-27(17-23)29(18-20(3)30(26)21(4)31)28(32)33-24-11-7-6-8-12-24/h6-15,17,20H,5,16,18H2,1-4H3. The highest BCUT2D eigenvalue weighted by Crippen LogP contribution is 2.39. The van der Waals surface area contributed by atoms with Crippen molar-refractivity contribution in [2.45, 2.75) is 46.6 Å². The van der Waals surface area contributed by atoms with Crippen LogP contribution in [0.2, 0.25) is 0 Å². The predicted molar refractivity (Wildman–Crippen MR) is 134 cm³/mol. The minimum Gasteiger partial charge on any atom is -0.410 e. The lowest BCUT2D eigenvalue weighted by atomic mass is 9.95. The molecule has 2 aromatic carbocycles. The zero-order valence-electron chi connectivity index (χ0n) is 19.7. The second-order valence-corrected chi connectivity index (χ2v) is 8.64. The van der Waals surface area contributed by atoms with Crippen LogP contribution in [0.1, 0.15) is 46.1 Å². The number of amides is 2. The molecule has 2 aliphatic rings. The predicted octanol–water partition coefficient (Wildman–Crippen LogP) is 6.52. The smallest absolute Gasteiger partial charge is 0.410 e. The van der Waals surface area contributed by atoms with Gasteiger partial charge in [-0.25, -0.2) is 4.79 Å². The maximum absolute atomic E-state index is 13.2. The average molecular weight is 443 g/mol. The fourth-order valence-electron chi connectivity index (χ4n) is 4.59. The third-order valence-corrected chi connectivity index (χ3v) is 6.23. The maximum atomic E-state index is 13.2. The highest BCUT2D eigenvalue weighted by atomic mass is 16.6. The average Bonchev–Trinajstić information content (AvgIpc) is 2.99. The quantitative estimate of drug-likeness (QED) is 0.544. The highest BCUT2D eigenvalue weighted by molar-refractivity contribution is 6.03. The van der Waals surface area contributed by atoms with Crippen LogP contribution in [0.25, 0.3) is 5.57 Å². The Morgan fingerprint density at radius 3 is 2.55 bits per heavy atom. The van der Waals surface area contributed by atoms with Gasteiger partial charge in [-0.3, -0.25) is 9.69 Å². The first-order valence-electron chi connectivity index (χ1n) is 11.4. The highest BCUT2D eigenvalue weighted by Gasteiger charge is 2.35. The number of hydrogen-bond donors (Lipinski definition) is 0. The number of carbonyl (C=O) groups excluding carboxylic acids is 2. The lowest BCUT2D eigenvalue weighted by Crippen LogP contribution is -2.52. The van der Waals surface area contributed by atoms with Gasteiger partial charge >= 0.3 is 6.09 Å². The number of allylic oxidation sites excluding steroid dienone is 6. The Labute approximate surface area is 195 Å². The molecule has 0 radical (unpaired) electrons.